The summed E-state index contributed by atoms with van der Waals surface area (Å²) in [5, 5.41) is 0. The fraction of sp³-hybridized carbons (Fsp3) is 0.857. The minimum absolute atomic E-state index is 0.105. The molecule has 0 N–H and O–H groups in total. The number of likely N-dealkylation sites (tertiary alicyclic amines) is 1. The third-order valence-corrected chi connectivity index (χ3v) is 3.32. The van der Waals surface area contributed by atoms with Gasteiger partial charge in [0.05, 0.1) is 0 Å². The lowest BCUT2D eigenvalue weighted by molar-refractivity contribution is -0.125. The van der Waals surface area contributed by atoms with Crippen LogP contribution in [-0.2, 0) is 9.53 Å². The van der Waals surface area contributed by atoms with Gasteiger partial charge in [-0.3, -0.25) is 4.79 Å². The van der Waals surface area contributed by atoms with Gasteiger partial charge in [0.15, 0.2) is 0 Å². The van der Waals surface area contributed by atoms with Crippen LogP contribution in [0.5, 0.6) is 0 Å². The normalized spacial score (nSPS) is 24.8. The van der Waals surface area contributed by atoms with Crippen LogP contribution in [0.1, 0.15) is 47.5 Å². The molecule has 1 aliphatic heterocycles. The molecule has 1 aliphatic rings. The number of amides is 1. The monoisotopic (exact) mass is 255 g/mol. The van der Waals surface area contributed by atoms with Crippen molar-refractivity contribution in [1.29, 1.82) is 0 Å². The fourth-order valence-electron chi connectivity index (χ4n) is 2.38. The lowest BCUT2D eigenvalue weighted by Crippen LogP contribution is -2.46. The Balaban J connectivity index is 2.55. The Labute approximate surface area is 110 Å². The Morgan fingerprint density at radius 3 is 2.39 bits per heavy atom. The van der Waals surface area contributed by atoms with E-state index in [0.717, 1.165) is 6.42 Å². The lowest BCUT2D eigenvalue weighted by atomic mass is 9.83. The molecule has 0 aliphatic carbocycles. The van der Waals surface area contributed by atoms with Gasteiger partial charge in [0.2, 0.25) is 0 Å². The summed E-state index contributed by atoms with van der Waals surface area (Å²) in [6.45, 7) is 10.8. The van der Waals surface area contributed by atoms with Crippen LogP contribution < -0.4 is 0 Å². The molecule has 1 fully saturated rings. The molecule has 2 unspecified atom stereocenters. The second kappa shape index (κ2) is 5.72. The minimum Gasteiger partial charge on any atom is -0.444 e. The van der Waals surface area contributed by atoms with E-state index in [-0.39, 0.29) is 17.9 Å². The van der Waals surface area contributed by atoms with Crippen molar-refractivity contribution in [3.8, 4) is 0 Å². The predicted molar refractivity (Wildman–Crippen MR) is 70.4 cm³/mol. The lowest BCUT2D eigenvalue weighted by Gasteiger charge is -2.36. The Hall–Kier alpha value is -1.06. The van der Waals surface area contributed by atoms with Gasteiger partial charge in [0, 0.05) is 25.4 Å². The number of hydrogen-bond donors (Lipinski definition) is 0. The molecule has 1 saturated heterocycles. The quantitative estimate of drug-likeness (QED) is 0.762. The van der Waals surface area contributed by atoms with Crippen molar-refractivity contribution >= 4 is 11.9 Å². The highest BCUT2D eigenvalue weighted by Crippen LogP contribution is 2.26. The molecule has 0 aromatic carbocycles. The van der Waals surface area contributed by atoms with Gasteiger partial charge in [0.25, 0.3) is 0 Å². The Morgan fingerprint density at radius 1 is 1.33 bits per heavy atom. The fourth-order valence-corrected chi connectivity index (χ4v) is 2.38. The van der Waals surface area contributed by atoms with Gasteiger partial charge >= 0.3 is 6.09 Å². The van der Waals surface area contributed by atoms with Gasteiger partial charge in [-0.2, -0.15) is 0 Å². The number of carbonyl (C=O) groups excluding carboxylic acids is 2. The van der Waals surface area contributed by atoms with E-state index < -0.39 is 5.60 Å². The van der Waals surface area contributed by atoms with Crippen LogP contribution in [0.2, 0.25) is 0 Å². The van der Waals surface area contributed by atoms with Crippen molar-refractivity contribution < 1.29 is 14.3 Å². The third kappa shape index (κ3) is 4.00. The summed E-state index contributed by atoms with van der Waals surface area (Å²) in [6.07, 6.45) is 1.07. The average Bonchev–Trinajstić information content (AvgIpc) is 2.25. The Kier molecular flexibility index (Phi) is 4.77. The first kappa shape index (κ1) is 15.0. The molecular weight excluding hydrogens is 230 g/mol. The number of Topliss-reactive ketones (excluding diaryl/α,β-unsaturated/α-hetero) is 1. The van der Waals surface area contributed by atoms with E-state index in [0.29, 0.717) is 25.3 Å². The SMILES string of the molecule is CCC(=O)C1CCN(C(=O)OC(C)(C)C)CC1C. The summed E-state index contributed by atoms with van der Waals surface area (Å²) >= 11 is 0. The summed E-state index contributed by atoms with van der Waals surface area (Å²) in [5.74, 6) is 0.638. The molecule has 1 amide bonds. The molecule has 0 radical (unpaired) electrons. The van der Waals surface area contributed by atoms with Crippen LogP contribution >= 0.6 is 0 Å². The van der Waals surface area contributed by atoms with E-state index in [1.165, 1.54) is 0 Å². The maximum atomic E-state index is 11.9. The molecule has 0 aromatic heterocycles. The van der Waals surface area contributed by atoms with Gasteiger partial charge in [0.1, 0.15) is 11.4 Å². The zero-order chi connectivity index (χ0) is 13.9. The number of carbonyl (C=O) groups is 2. The third-order valence-electron chi connectivity index (χ3n) is 3.32. The van der Waals surface area contributed by atoms with Gasteiger partial charge < -0.3 is 9.64 Å². The molecular formula is C14H25NO3. The predicted octanol–water partition coefficient (Wildman–Crippen LogP) is 2.86. The first-order valence-electron chi connectivity index (χ1n) is 6.75. The Morgan fingerprint density at radius 2 is 1.94 bits per heavy atom. The zero-order valence-electron chi connectivity index (χ0n) is 12.2. The summed E-state index contributed by atoms with van der Waals surface area (Å²) in [6, 6.07) is 0. The van der Waals surface area contributed by atoms with Crippen LogP contribution in [0.4, 0.5) is 4.79 Å². The van der Waals surface area contributed by atoms with E-state index in [9.17, 15) is 9.59 Å². The number of nitrogens with zero attached hydrogens (tertiary/aromatic N) is 1. The highest BCUT2D eigenvalue weighted by atomic mass is 16.6. The van der Waals surface area contributed by atoms with E-state index in [1.807, 2.05) is 34.6 Å². The van der Waals surface area contributed by atoms with Gasteiger partial charge in [-0.1, -0.05) is 13.8 Å². The van der Waals surface area contributed by atoms with Gasteiger partial charge in [-0.25, -0.2) is 4.79 Å². The summed E-state index contributed by atoms with van der Waals surface area (Å²) < 4.78 is 5.35. The maximum absolute atomic E-state index is 11.9. The number of piperidine rings is 1. The van der Waals surface area contributed by atoms with Crippen LogP contribution in [-0.4, -0.2) is 35.5 Å². The van der Waals surface area contributed by atoms with Crippen molar-refractivity contribution in [3.05, 3.63) is 0 Å². The molecule has 0 aromatic rings. The van der Waals surface area contributed by atoms with E-state index in [4.69, 9.17) is 4.74 Å². The largest absolute Gasteiger partial charge is 0.444 e. The van der Waals surface area contributed by atoms with Crippen molar-refractivity contribution in [1.82, 2.24) is 4.90 Å². The second-order valence-corrected chi connectivity index (χ2v) is 6.12. The number of ketones is 1. The van der Waals surface area contributed by atoms with Crippen LogP contribution in [0.3, 0.4) is 0 Å². The molecule has 1 heterocycles. The smallest absolute Gasteiger partial charge is 0.410 e. The zero-order valence-corrected chi connectivity index (χ0v) is 12.2. The molecule has 1 rings (SSSR count). The summed E-state index contributed by atoms with van der Waals surface area (Å²) in [7, 11) is 0. The molecule has 4 heteroatoms. The molecule has 2 atom stereocenters. The number of rotatable bonds is 2. The molecule has 0 bridgehead atoms. The topological polar surface area (TPSA) is 46.6 Å². The molecule has 0 spiro atoms. The van der Waals surface area contributed by atoms with Crippen molar-refractivity contribution in [2.75, 3.05) is 13.1 Å². The maximum Gasteiger partial charge on any atom is 0.410 e. The molecule has 18 heavy (non-hydrogen) atoms. The van der Waals surface area contributed by atoms with Crippen LogP contribution in [0.15, 0.2) is 0 Å². The standard InChI is InChI=1S/C14H25NO3/c1-6-12(16)11-7-8-15(9-10(11)2)13(17)18-14(3,4)5/h10-11H,6-9H2,1-5H3. The average molecular weight is 255 g/mol. The van der Waals surface area contributed by atoms with E-state index >= 15 is 0 Å². The van der Waals surface area contributed by atoms with Crippen LogP contribution in [0.25, 0.3) is 0 Å². The molecule has 0 saturated carbocycles. The summed E-state index contributed by atoms with van der Waals surface area (Å²) in [5.41, 5.74) is -0.462. The number of hydrogen-bond acceptors (Lipinski definition) is 3. The van der Waals surface area contributed by atoms with Crippen LogP contribution in [0, 0.1) is 11.8 Å². The van der Waals surface area contributed by atoms with Gasteiger partial charge in [-0.05, 0) is 33.1 Å². The van der Waals surface area contributed by atoms with E-state index in [2.05, 4.69) is 0 Å². The molecule has 104 valence electrons. The molecule has 4 nitrogen and oxygen atoms in total. The number of ether oxygens (including phenoxy) is 1. The first-order chi connectivity index (χ1) is 8.24. The highest BCUT2D eigenvalue weighted by molar-refractivity contribution is 5.81. The minimum atomic E-state index is -0.462. The Bertz CT molecular complexity index is 319. The summed E-state index contributed by atoms with van der Waals surface area (Å²) in [4.78, 5) is 25.4. The van der Waals surface area contributed by atoms with E-state index in [1.54, 1.807) is 4.90 Å². The van der Waals surface area contributed by atoms with Gasteiger partial charge in [-0.15, -0.1) is 0 Å². The second-order valence-electron chi connectivity index (χ2n) is 6.12. The van der Waals surface area contributed by atoms with Crippen molar-refractivity contribution in [2.45, 2.75) is 53.1 Å². The van der Waals surface area contributed by atoms with Crippen molar-refractivity contribution in [3.63, 3.8) is 0 Å². The first-order valence-corrected chi connectivity index (χ1v) is 6.75. The van der Waals surface area contributed by atoms with Crippen molar-refractivity contribution in [2.24, 2.45) is 11.8 Å². The highest BCUT2D eigenvalue weighted by Gasteiger charge is 2.33.